The Morgan fingerprint density at radius 2 is 1.93 bits per heavy atom. The number of nitrogens with zero attached hydrogens (tertiary/aromatic N) is 3. The summed E-state index contributed by atoms with van der Waals surface area (Å²) in [6.07, 6.45) is 1.57. The number of hydrogen-bond donors (Lipinski definition) is 1. The Bertz CT molecular complexity index is 1280. The Hall–Kier alpha value is -2.91. The van der Waals surface area contributed by atoms with Gasteiger partial charge in [-0.1, -0.05) is 41.7 Å². The second-order valence-corrected chi connectivity index (χ2v) is 9.65. The van der Waals surface area contributed by atoms with Gasteiger partial charge >= 0.3 is 0 Å². The topological polar surface area (TPSA) is 86.1 Å². The number of rotatable bonds is 7. The summed E-state index contributed by atoms with van der Waals surface area (Å²) in [6.45, 7) is 6.38. The maximum absolute atomic E-state index is 13.3. The molecule has 4 rings (SSSR count). The molecule has 2 aromatic carbocycles. The van der Waals surface area contributed by atoms with Crippen molar-refractivity contribution in [1.29, 1.82) is 0 Å². The third-order valence-electron chi connectivity index (χ3n) is 4.46. The van der Waals surface area contributed by atoms with Crippen LogP contribution in [0.1, 0.15) is 26.8 Å². The van der Waals surface area contributed by atoms with Crippen molar-refractivity contribution in [2.75, 3.05) is 11.3 Å². The van der Waals surface area contributed by atoms with Crippen LogP contribution in [0.3, 0.4) is 0 Å². The van der Waals surface area contributed by atoms with Crippen molar-refractivity contribution in [2.24, 2.45) is 0 Å². The molecule has 0 saturated carbocycles. The lowest BCUT2D eigenvalue weighted by molar-refractivity contribution is 0.341. The van der Waals surface area contributed by atoms with Crippen LogP contribution in [0.15, 0.2) is 59.6 Å². The van der Waals surface area contributed by atoms with Crippen LogP contribution < -0.4 is 9.46 Å². The number of benzene rings is 2. The van der Waals surface area contributed by atoms with E-state index in [1.807, 2.05) is 69.3 Å². The molecule has 0 bridgehead atoms. The molecule has 30 heavy (non-hydrogen) atoms. The zero-order valence-corrected chi connectivity index (χ0v) is 18.5. The van der Waals surface area contributed by atoms with E-state index in [2.05, 4.69) is 14.8 Å². The van der Waals surface area contributed by atoms with Crippen LogP contribution in [0.4, 0.5) is 5.13 Å². The van der Waals surface area contributed by atoms with Crippen molar-refractivity contribution in [3.05, 3.63) is 54.7 Å². The molecule has 2 aromatic heterocycles. The second kappa shape index (κ2) is 8.08. The van der Waals surface area contributed by atoms with E-state index in [-0.39, 0.29) is 10.9 Å². The molecule has 1 N–H and O–H groups in total. The maximum atomic E-state index is 13.3. The quantitative estimate of drug-likeness (QED) is 0.438. The molecule has 0 aliphatic carbocycles. The van der Waals surface area contributed by atoms with Crippen LogP contribution in [-0.2, 0) is 10.0 Å². The molecule has 0 spiro atoms. The fourth-order valence-corrected chi connectivity index (χ4v) is 5.29. The highest BCUT2D eigenvalue weighted by atomic mass is 32.2. The zero-order chi connectivity index (χ0) is 21.3. The van der Waals surface area contributed by atoms with Crippen LogP contribution in [0.5, 0.6) is 5.75 Å². The molecule has 0 amide bonds. The molecule has 0 saturated heterocycles. The van der Waals surface area contributed by atoms with Crippen LogP contribution in [-0.4, -0.2) is 29.8 Å². The molecule has 0 radical (unpaired) electrons. The highest BCUT2D eigenvalue weighted by Gasteiger charge is 2.25. The van der Waals surface area contributed by atoms with Crippen LogP contribution in [0, 0.1) is 0 Å². The van der Waals surface area contributed by atoms with Gasteiger partial charge in [0.25, 0.3) is 10.0 Å². The lowest BCUT2D eigenvalue weighted by Crippen LogP contribution is -2.13. The van der Waals surface area contributed by atoms with Gasteiger partial charge in [0.1, 0.15) is 16.3 Å². The molecule has 9 heteroatoms. The number of hydrogen-bond acceptors (Lipinski definition) is 6. The predicted octanol–water partition coefficient (Wildman–Crippen LogP) is 4.94. The van der Waals surface area contributed by atoms with E-state index < -0.39 is 10.0 Å². The largest absolute Gasteiger partial charge is 0.494 e. The first-order valence-electron chi connectivity index (χ1n) is 9.58. The zero-order valence-electron chi connectivity index (χ0n) is 16.9. The van der Waals surface area contributed by atoms with Gasteiger partial charge in [-0.15, -0.1) is 0 Å². The smallest absolute Gasteiger partial charge is 0.267 e. The molecule has 0 aliphatic heterocycles. The van der Waals surface area contributed by atoms with E-state index in [4.69, 9.17) is 4.74 Å². The number of aromatic nitrogens is 3. The number of ether oxygens (including phenoxy) is 1. The number of fused-ring (bicyclic) bond motifs is 1. The Labute approximate surface area is 179 Å². The fourth-order valence-electron chi connectivity index (χ4n) is 3.01. The standard InChI is InChI=1S/C21H22N4O3S2/c1-4-28-16-10-11-17-18(12-16)29-21(22-17)24-30(26,27)19-13-25(14(2)3)23-20(19)15-8-6-5-7-9-15/h5-14H,4H2,1-3H3,(H,22,24). The number of thiazole rings is 1. The van der Waals surface area contributed by atoms with E-state index >= 15 is 0 Å². The second-order valence-electron chi connectivity index (χ2n) is 6.97. The van der Waals surface area contributed by atoms with Crippen LogP contribution in [0.25, 0.3) is 21.5 Å². The van der Waals surface area contributed by atoms with Gasteiger partial charge in [0.15, 0.2) is 5.13 Å². The van der Waals surface area contributed by atoms with Gasteiger partial charge in [-0.2, -0.15) is 5.10 Å². The Balaban J connectivity index is 1.72. The summed E-state index contributed by atoms with van der Waals surface area (Å²) in [4.78, 5) is 4.54. The molecule has 0 unspecified atom stereocenters. The predicted molar refractivity (Wildman–Crippen MR) is 120 cm³/mol. The lowest BCUT2D eigenvalue weighted by atomic mass is 10.2. The molecular weight excluding hydrogens is 420 g/mol. The number of sulfonamides is 1. The summed E-state index contributed by atoms with van der Waals surface area (Å²) in [6, 6.07) is 14.8. The summed E-state index contributed by atoms with van der Waals surface area (Å²) in [5.74, 6) is 0.729. The minimum atomic E-state index is -3.89. The maximum Gasteiger partial charge on any atom is 0.267 e. The average Bonchev–Trinajstić information content (AvgIpc) is 3.33. The van der Waals surface area contributed by atoms with E-state index in [9.17, 15) is 8.42 Å². The molecule has 7 nitrogen and oxygen atoms in total. The summed E-state index contributed by atoms with van der Waals surface area (Å²) >= 11 is 1.27. The Morgan fingerprint density at radius 1 is 1.17 bits per heavy atom. The van der Waals surface area contributed by atoms with Crippen LogP contribution >= 0.6 is 11.3 Å². The Kier molecular flexibility index (Phi) is 5.48. The molecule has 0 aliphatic rings. The third kappa shape index (κ3) is 4.03. The lowest BCUT2D eigenvalue weighted by Gasteiger charge is -2.05. The molecule has 4 aromatic rings. The molecule has 0 fully saturated rings. The van der Waals surface area contributed by atoms with Crippen molar-refractivity contribution in [3.63, 3.8) is 0 Å². The number of nitrogens with one attached hydrogen (secondary N) is 1. The van der Waals surface area contributed by atoms with Crippen molar-refractivity contribution in [1.82, 2.24) is 14.8 Å². The minimum absolute atomic E-state index is 0.0239. The monoisotopic (exact) mass is 442 g/mol. The Morgan fingerprint density at radius 3 is 2.63 bits per heavy atom. The van der Waals surface area contributed by atoms with Crippen molar-refractivity contribution >= 4 is 36.7 Å². The first kappa shape index (κ1) is 20.4. The highest BCUT2D eigenvalue weighted by molar-refractivity contribution is 7.93. The molecule has 156 valence electrons. The van der Waals surface area contributed by atoms with Gasteiger partial charge in [-0.25, -0.2) is 13.4 Å². The van der Waals surface area contributed by atoms with Gasteiger partial charge in [0.2, 0.25) is 0 Å². The molecule has 0 atom stereocenters. The highest BCUT2D eigenvalue weighted by Crippen LogP contribution is 2.33. The van der Waals surface area contributed by atoms with E-state index in [0.29, 0.717) is 22.9 Å². The van der Waals surface area contributed by atoms with Crippen LogP contribution in [0.2, 0.25) is 0 Å². The van der Waals surface area contributed by atoms with E-state index in [0.717, 1.165) is 16.0 Å². The van der Waals surface area contributed by atoms with E-state index in [1.165, 1.54) is 11.3 Å². The fraction of sp³-hybridized carbons (Fsp3) is 0.238. The van der Waals surface area contributed by atoms with Crippen molar-refractivity contribution < 1.29 is 13.2 Å². The van der Waals surface area contributed by atoms with Gasteiger partial charge in [-0.05, 0) is 39.0 Å². The summed E-state index contributed by atoms with van der Waals surface area (Å²) in [5.41, 5.74) is 1.86. The van der Waals surface area contributed by atoms with Crippen molar-refractivity contribution in [2.45, 2.75) is 31.7 Å². The van der Waals surface area contributed by atoms with Gasteiger partial charge in [0.05, 0.1) is 16.8 Å². The minimum Gasteiger partial charge on any atom is -0.494 e. The van der Waals surface area contributed by atoms with Crippen molar-refractivity contribution in [3.8, 4) is 17.0 Å². The summed E-state index contributed by atoms with van der Waals surface area (Å²) < 4.78 is 37.2. The SMILES string of the molecule is CCOc1ccc2nc(NS(=O)(=O)c3cn(C(C)C)nc3-c3ccccc3)sc2c1. The summed E-state index contributed by atoms with van der Waals surface area (Å²) in [7, 11) is -3.89. The van der Waals surface area contributed by atoms with Gasteiger partial charge in [-0.3, -0.25) is 9.40 Å². The first-order chi connectivity index (χ1) is 14.4. The third-order valence-corrected chi connectivity index (χ3v) is 6.86. The summed E-state index contributed by atoms with van der Waals surface area (Å²) in [5, 5.41) is 4.83. The first-order valence-corrected chi connectivity index (χ1v) is 11.9. The molecular formula is C21H22N4O3S2. The van der Waals surface area contributed by atoms with Gasteiger partial charge < -0.3 is 4.74 Å². The van der Waals surface area contributed by atoms with E-state index in [1.54, 1.807) is 10.9 Å². The average molecular weight is 443 g/mol. The molecule has 2 heterocycles. The normalized spacial score (nSPS) is 11.9. The van der Waals surface area contributed by atoms with Gasteiger partial charge in [0, 0.05) is 17.8 Å². The number of anilines is 1.